The molecule has 6 aliphatic rings. The smallest absolute Gasteiger partial charge is 0.103 e. The molecule has 6 fully saturated rings. The minimum atomic E-state index is -0.134. The van der Waals surface area contributed by atoms with Crippen molar-refractivity contribution in [2.75, 3.05) is 0 Å². The highest BCUT2D eigenvalue weighted by atomic mass is 16.6. The molecule has 2 aliphatic heterocycles. The van der Waals surface area contributed by atoms with E-state index in [2.05, 4.69) is 34.6 Å². The van der Waals surface area contributed by atoms with Crippen LogP contribution in [-0.4, -0.2) is 34.6 Å². The van der Waals surface area contributed by atoms with Crippen LogP contribution in [0, 0.1) is 40.4 Å². The maximum atomic E-state index is 10.4. The third-order valence-electron chi connectivity index (χ3n) is 11.9. The van der Waals surface area contributed by atoms with Crippen LogP contribution in [0.1, 0.15) is 98.8 Å². The van der Waals surface area contributed by atoms with E-state index in [1.165, 1.54) is 51.4 Å². The molecule has 4 aliphatic carbocycles. The van der Waals surface area contributed by atoms with Crippen molar-refractivity contribution < 1.29 is 14.6 Å². The van der Waals surface area contributed by atoms with Gasteiger partial charge in [0.25, 0.3) is 0 Å². The van der Waals surface area contributed by atoms with Gasteiger partial charge in [0.05, 0.1) is 23.9 Å². The fourth-order valence-corrected chi connectivity index (χ4v) is 9.99. The summed E-state index contributed by atoms with van der Waals surface area (Å²) in [6, 6.07) is 0. The molecule has 3 heteroatoms. The third-order valence-corrected chi connectivity index (χ3v) is 11.9. The summed E-state index contributed by atoms with van der Waals surface area (Å²) in [6.45, 7) is 12.2. The lowest BCUT2D eigenvalue weighted by atomic mass is 9.44. The summed E-state index contributed by atoms with van der Waals surface area (Å²) in [7, 11) is 0. The second-order valence-electron chi connectivity index (χ2n) is 13.4. The van der Waals surface area contributed by atoms with Gasteiger partial charge in [0, 0.05) is 11.8 Å². The molecule has 0 amide bonds. The topological polar surface area (TPSA) is 45.3 Å². The fraction of sp³-hybridized carbons (Fsp3) is 1.00. The molecule has 3 unspecified atom stereocenters. The van der Waals surface area contributed by atoms with Crippen molar-refractivity contribution in [3.05, 3.63) is 0 Å². The summed E-state index contributed by atoms with van der Waals surface area (Å²) >= 11 is 0. The minimum absolute atomic E-state index is 0.0297. The maximum absolute atomic E-state index is 10.4. The number of epoxide rings is 2. The van der Waals surface area contributed by atoms with Crippen molar-refractivity contribution in [2.24, 2.45) is 40.4 Å². The molecule has 0 aromatic rings. The van der Waals surface area contributed by atoms with E-state index in [9.17, 15) is 5.11 Å². The van der Waals surface area contributed by atoms with Gasteiger partial charge in [-0.2, -0.15) is 0 Å². The van der Waals surface area contributed by atoms with E-state index >= 15 is 0 Å². The van der Waals surface area contributed by atoms with Crippen LogP contribution >= 0.6 is 0 Å². The van der Waals surface area contributed by atoms with Crippen molar-refractivity contribution in [3.8, 4) is 0 Å². The minimum Gasteiger partial charge on any atom is -0.393 e. The standard InChI is InChI=1S/C27H44O3/c1-16(6-9-22-24(2,3)29-22)19-7-8-20-18-14-23-27(30-23)15-17(28)10-13-26(27,5)21(18)11-12-25(19,20)4/h16-23,28H,6-15H2,1-5H3/t16-,17?,18+,19-,20+,21+,22+,23?,25-,26-,27?/m1/s1. The van der Waals surface area contributed by atoms with Gasteiger partial charge in [-0.05, 0) is 107 Å². The van der Waals surface area contributed by atoms with Crippen LogP contribution in [0.4, 0.5) is 0 Å². The summed E-state index contributed by atoms with van der Waals surface area (Å²) in [5.74, 6) is 4.27. The summed E-state index contributed by atoms with van der Waals surface area (Å²) in [4.78, 5) is 0. The lowest BCUT2D eigenvalue weighted by Crippen LogP contribution is -2.58. The molecule has 1 spiro atoms. The monoisotopic (exact) mass is 416 g/mol. The fourth-order valence-electron chi connectivity index (χ4n) is 9.99. The van der Waals surface area contributed by atoms with E-state index in [1.54, 1.807) is 0 Å². The van der Waals surface area contributed by atoms with Crippen LogP contribution in [0.25, 0.3) is 0 Å². The Labute approximate surface area is 183 Å². The van der Waals surface area contributed by atoms with Gasteiger partial charge in [-0.3, -0.25) is 0 Å². The van der Waals surface area contributed by atoms with Crippen molar-refractivity contribution in [3.63, 3.8) is 0 Å². The third kappa shape index (κ3) is 2.61. The Bertz CT molecular complexity index is 719. The van der Waals surface area contributed by atoms with E-state index in [4.69, 9.17) is 9.47 Å². The molecular weight excluding hydrogens is 372 g/mol. The molecular formula is C27H44O3. The second kappa shape index (κ2) is 6.26. The Morgan fingerprint density at radius 2 is 1.73 bits per heavy atom. The van der Waals surface area contributed by atoms with Crippen LogP contribution in [0.3, 0.4) is 0 Å². The Hall–Kier alpha value is -0.120. The van der Waals surface area contributed by atoms with Crippen molar-refractivity contribution in [1.29, 1.82) is 0 Å². The summed E-state index contributed by atoms with van der Waals surface area (Å²) in [6.07, 6.45) is 13.4. The van der Waals surface area contributed by atoms with Crippen molar-refractivity contribution >= 4 is 0 Å². The first kappa shape index (κ1) is 20.5. The lowest BCUT2D eigenvalue weighted by molar-refractivity contribution is -0.116. The van der Waals surface area contributed by atoms with Crippen LogP contribution in [0.5, 0.6) is 0 Å². The first-order chi connectivity index (χ1) is 14.1. The van der Waals surface area contributed by atoms with Gasteiger partial charge in [0.1, 0.15) is 5.60 Å². The highest BCUT2D eigenvalue weighted by Gasteiger charge is 2.76. The van der Waals surface area contributed by atoms with E-state index in [0.717, 1.165) is 42.4 Å². The van der Waals surface area contributed by atoms with Gasteiger partial charge in [0.15, 0.2) is 0 Å². The van der Waals surface area contributed by atoms with E-state index < -0.39 is 0 Å². The largest absolute Gasteiger partial charge is 0.393 e. The molecule has 2 heterocycles. The summed E-state index contributed by atoms with van der Waals surface area (Å²) < 4.78 is 12.4. The molecule has 0 aromatic carbocycles. The summed E-state index contributed by atoms with van der Waals surface area (Å²) in [5, 5.41) is 10.4. The number of hydrogen-bond acceptors (Lipinski definition) is 3. The molecule has 170 valence electrons. The van der Waals surface area contributed by atoms with Crippen LogP contribution in [0.15, 0.2) is 0 Å². The Balaban J connectivity index is 1.19. The normalized spacial score (nSPS) is 58.8. The molecule has 1 N–H and O–H groups in total. The number of aliphatic hydroxyl groups is 1. The van der Waals surface area contributed by atoms with E-state index in [1.807, 2.05) is 0 Å². The van der Waals surface area contributed by atoms with Crippen LogP contribution in [0.2, 0.25) is 0 Å². The van der Waals surface area contributed by atoms with Gasteiger partial charge in [-0.1, -0.05) is 20.8 Å². The Kier molecular flexibility index (Phi) is 4.27. The summed E-state index contributed by atoms with van der Waals surface area (Å²) in [5.41, 5.74) is 1.00. The van der Waals surface area contributed by atoms with Gasteiger partial charge >= 0.3 is 0 Å². The molecule has 4 saturated carbocycles. The van der Waals surface area contributed by atoms with Gasteiger partial charge in [0.2, 0.25) is 0 Å². The quantitative estimate of drug-likeness (QED) is 0.595. The molecule has 0 aromatic heterocycles. The first-order valence-corrected chi connectivity index (χ1v) is 13.1. The average Bonchev–Trinajstić information content (AvgIpc) is 3.49. The zero-order valence-corrected chi connectivity index (χ0v) is 20.0. The predicted octanol–water partition coefficient (Wildman–Crippen LogP) is 5.73. The molecule has 3 nitrogen and oxygen atoms in total. The van der Waals surface area contributed by atoms with Gasteiger partial charge in [-0.15, -0.1) is 0 Å². The van der Waals surface area contributed by atoms with E-state index in [-0.39, 0.29) is 17.3 Å². The van der Waals surface area contributed by atoms with Crippen LogP contribution < -0.4 is 0 Å². The van der Waals surface area contributed by atoms with Crippen molar-refractivity contribution in [2.45, 2.75) is 128 Å². The number of hydrogen-bond donors (Lipinski definition) is 1. The second-order valence-corrected chi connectivity index (χ2v) is 13.4. The Morgan fingerprint density at radius 3 is 2.47 bits per heavy atom. The molecule has 0 radical (unpaired) electrons. The average molecular weight is 417 g/mol. The highest BCUT2D eigenvalue weighted by molar-refractivity contribution is 5.24. The molecule has 30 heavy (non-hydrogen) atoms. The maximum Gasteiger partial charge on any atom is 0.103 e. The van der Waals surface area contributed by atoms with Crippen LogP contribution in [-0.2, 0) is 9.47 Å². The van der Waals surface area contributed by atoms with Gasteiger partial charge < -0.3 is 14.6 Å². The zero-order valence-electron chi connectivity index (χ0n) is 20.0. The number of rotatable bonds is 4. The zero-order chi connectivity index (χ0) is 21.1. The number of aliphatic hydroxyl groups excluding tert-OH is 1. The predicted molar refractivity (Wildman–Crippen MR) is 118 cm³/mol. The number of ether oxygens (including phenoxy) is 2. The highest BCUT2D eigenvalue weighted by Crippen LogP contribution is 2.74. The SMILES string of the molecule is C[C@H](CC[C@@H]1OC1(C)C)[C@H]1CC[C@H]2[C@@H]3CC4OC45CC(O)CC[C@]5(C)[C@H]3CC[C@]12C. The molecule has 0 bridgehead atoms. The van der Waals surface area contributed by atoms with Crippen molar-refractivity contribution in [1.82, 2.24) is 0 Å². The lowest BCUT2D eigenvalue weighted by Gasteiger charge is -2.59. The molecule has 6 rings (SSSR count). The van der Waals surface area contributed by atoms with E-state index in [0.29, 0.717) is 23.0 Å². The Morgan fingerprint density at radius 1 is 0.967 bits per heavy atom. The number of fused-ring (bicyclic) bond motifs is 4. The molecule has 11 atom stereocenters. The molecule has 2 saturated heterocycles. The first-order valence-electron chi connectivity index (χ1n) is 13.1. The van der Waals surface area contributed by atoms with Gasteiger partial charge in [-0.25, -0.2) is 0 Å².